The van der Waals surface area contributed by atoms with Gasteiger partial charge in [0.1, 0.15) is 5.75 Å². The van der Waals surface area contributed by atoms with Crippen LogP contribution in [0.5, 0.6) is 5.75 Å². The van der Waals surface area contributed by atoms with Crippen LogP contribution in [0.25, 0.3) is 16.5 Å². The normalized spacial score (nSPS) is 10.9. The van der Waals surface area contributed by atoms with Gasteiger partial charge in [-0.15, -0.1) is 0 Å². The SMILES string of the molecule is COc1cccc(-n2c(C)c3cn[nH]c(=O)c3c2C)c1. The predicted octanol–water partition coefficient (Wildman–Crippen LogP) is 2.34. The quantitative estimate of drug-likeness (QED) is 0.776. The minimum absolute atomic E-state index is 0.162. The van der Waals surface area contributed by atoms with E-state index in [1.807, 2.05) is 42.7 Å². The van der Waals surface area contributed by atoms with Gasteiger partial charge in [-0.3, -0.25) is 4.79 Å². The highest BCUT2D eigenvalue weighted by atomic mass is 16.5. The summed E-state index contributed by atoms with van der Waals surface area (Å²) in [5.74, 6) is 0.783. The van der Waals surface area contributed by atoms with Crippen LogP contribution in [0.2, 0.25) is 0 Å². The summed E-state index contributed by atoms with van der Waals surface area (Å²) in [6.45, 7) is 3.92. The molecule has 0 aliphatic heterocycles. The standard InChI is InChI=1S/C15H15N3O2/c1-9-13-8-16-17-15(19)14(13)10(2)18(9)11-5-4-6-12(7-11)20-3/h4-8H,1-3H3,(H,17,19). The van der Waals surface area contributed by atoms with Crippen LogP contribution in [0.15, 0.2) is 35.3 Å². The molecule has 102 valence electrons. The summed E-state index contributed by atoms with van der Waals surface area (Å²) in [6, 6.07) is 7.76. The fourth-order valence-corrected chi connectivity index (χ4v) is 2.65. The second-order valence-electron chi connectivity index (χ2n) is 4.70. The van der Waals surface area contributed by atoms with E-state index in [1.165, 1.54) is 0 Å². The van der Waals surface area contributed by atoms with E-state index in [2.05, 4.69) is 10.2 Å². The maximum absolute atomic E-state index is 12.0. The molecular weight excluding hydrogens is 254 g/mol. The van der Waals surface area contributed by atoms with Crippen LogP contribution in [0, 0.1) is 13.8 Å². The molecule has 1 aromatic carbocycles. The molecule has 0 unspecified atom stereocenters. The van der Waals surface area contributed by atoms with Crippen molar-refractivity contribution in [1.82, 2.24) is 14.8 Å². The Labute approximate surface area is 115 Å². The predicted molar refractivity (Wildman–Crippen MR) is 77.7 cm³/mol. The van der Waals surface area contributed by atoms with Gasteiger partial charge in [-0.2, -0.15) is 5.10 Å². The van der Waals surface area contributed by atoms with Gasteiger partial charge in [0.25, 0.3) is 5.56 Å². The van der Waals surface area contributed by atoms with Crippen molar-refractivity contribution in [3.8, 4) is 11.4 Å². The lowest BCUT2D eigenvalue weighted by atomic mass is 10.2. The van der Waals surface area contributed by atoms with Gasteiger partial charge in [0.2, 0.25) is 0 Å². The van der Waals surface area contributed by atoms with Crippen molar-refractivity contribution >= 4 is 10.8 Å². The number of fused-ring (bicyclic) bond motifs is 1. The highest BCUT2D eigenvalue weighted by molar-refractivity contribution is 5.87. The number of benzene rings is 1. The van der Waals surface area contributed by atoms with E-state index in [0.29, 0.717) is 5.39 Å². The number of aromatic nitrogens is 3. The molecule has 2 aromatic heterocycles. The van der Waals surface area contributed by atoms with Gasteiger partial charge in [-0.05, 0) is 26.0 Å². The summed E-state index contributed by atoms with van der Waals surface area (Å²) >= 11 is 0. The lowest BCUT2D eigenvalue weighted by Crippen LogP contribution is -2.07. The van der Waals surface area contributed by atoms with Crippen molar-refractivity contribution in [3.05, 3.63) is 52.2 Å². The first-order valence-corrected chi connectivity index (χ1v) is 6.33. The van der Waals surface area contributed by atoms with E-state index < -0.39 is 0 Å². The fraction of sp³-hybridized carbons (Fsp3) is 0.200. The zero-order valence-electron chi connectivity index (χ0n) is 11.6. The summed E-state index contributed by atoms with van der Waals surface area (Å²) < 4.78 is 7.31. The average molecular weight is 269 g/mol. The number of hydrogen-bond donors (Lipinski definition) is 1. The number of methoxy groups -OCH3 is 1. The summed E-state index contributed by atoms with van der Waals surface area (Å²) in [5.41, 5.74) is 2.69. The number of ether oxygens (including phenoxy) is 1. The highest BCUT2D eigenvalue weighted by Gasteiger charge is 2.15. The second kappa shape index (κ2) is 4.52. The lowest BCUT2D eigenvalue weighted by Gasteiger charge is -2.10. The molecule has 5 nitrogen and oxygen atoms in total. The Morgan fingerprint density at radius 2 is 2.05 bits per heavy atom. The number of nitrogens with zero attached hydrogens (tertiary/aromatic N) is 2. The second-order valence-corrected chi connectivity index (χ2v) is 4.70. The fourth-order valence-electron chi connectivity index (χ4n) is 2.65. The minimum atomic E-state index is -0.162. The van der Waals surface area contributed by atoms with Crippen molar-refractivity contribution in [2.75, 3.05) is 7.11 Å². The summed E-state index contributed by atoms with van der Waals surface area (Å²) in [4.78, 5) is 12.0. The van der Waals surface area contributed by atoms with E-state index in [1.54, 1.807) is 13.3 Å². The Morgan fingerprint density at radius 1 is 1.25 bits per heavy atom. The molecule has 0 saturated carbocycles. The van der Waals surface area contributed by atoms with E-state index in [4.69, 9.17) is 4.74 Å². The number of rotatable bonds is 2. The summed E-state index contributed by atoms with van der Waals surface area (Å²) in [7, 11) is 1.64. The molecule has 0 bridgehead atoms. The van der Waals surface area contributed by atoms with Crippen molar-refractivity contribution in [1.29, 1.82) is 0 Å². The first kappa shape index (κ1) is 12.5. The lowest BCUT2D eigenvalue weighted by molar-refractivity contribution is 0.414. The Kier molecular flexibility index (Phi) is 2.82. The molecule has 0 aliphatic carbocycles. The third-order valence-electron chi connectivity index (χ3n) is 3.59. The van der Waals surface area contributed by atoms with E-state index in [0.717, 1.165) is 28.2 Å². The summed E-state index contributed by atoms with van der Waals surface area (Å²) in [5, 5.41) is 7.92. The molecule has 1 N–H and O–H groups in total. The van der Waals surface area contributed by atoms with Gasteiger partial charge in [-0.25, -0.2) is 5.10 Å². The molecule has 3 rings (SSSR count). The van der Waals surface area contributed by atoms with Gasteiger partial charge in [0, 0.05) is 28.5 Å². The Morgan fingerprint density at radius 3 is 2.75 bits per heavy atom. The van der Waals surface area contributed by atoms with E-state index in [9.17, 15) is 4.79 Å². The zero-order valence-corrected chi connectivity index (χ0v) is 11.6. The minimum Gasteiger partial charge on any atom is -0.497 e. The van der Waals surface area contributed by atoms with Crippen molar-refractivity contribution in [3.63, 3.8) is 0 Å². The molecule has 0 aliphatic rings. The molecule has 5 heteroatoms. The van der Waals surface area contributed by atoms with Crippen LogP contribution in [0.3, 0.4) is 0 Å². The highest BCUT2D eigenvalue weighted by Crippen LogP contribution is 2.27. The van der Waals surface area contributed by atoms with Gasteiger partial charge in [-0.1, -0.05) is 6.07 Å². The van der Waals surface area contributed by atoms with E-state index in [-0.39, 0.29) is 5.56 Å². The Hall–Kier alpha value is -2.56. The molecule has 20 heavy (non-hydrogen) atoms. The molecule has 3 aromatic rings. The van der Waals surface area contributed by atoms with Crippen molar-refractivity contribution in [2.45, 2.75) is 13.8 Å². The monoisotopic (exact) mass is 269 g/mol. The zero-order chi connectivity index (χ0) is 14.3. The molecule has 0 fully saturated rings. The van der Waals surface area contributed by atoms with E-state index >= 15 is 0 Å². The Bertz CT molecular complexity index is 846. The topological polar surface area (TPSA) is 59.9 Å². The van der Waals surface area contributed by atoms with Gasteiger partial charge in [0.15, 0.2) is 0 Å². The first-order chi connectivity index (χ1) is 9.63. The van der Waals surface area contributed by atoms with Crippen LogP contribution >= 0.6 is 0 Å². The number of H-pyrrole nitrogens is 1. The third kappa shape index (κ3) is 1.71. The van der Waals surface area contributed by atoms with Crippen LogP contribution in [0.1, 0.15) is 11.4 Å². The van der Waals surface area contributed by atoms with Crippen LogP contribution in [0.4, 0.5) is 0 Å². The molecule has 0 radical (unpaired) electrons. The maximum atomic E-state index is 12.0. The van der Waals surface area contributed by atoms with Gasteiger partial charge in [0.05, 0.1) is 18.7 Å². The Balaban J connectivity index is 2.37. The van der Waals surface area contributed by atoms with Crippen LogP contribution < -0.4 is 10.3 Å². The van der Waals surface area contributed by atoms with Crippen LogP contribution in [-0.4, -0.2) is 21.9 Å². The summed E-state index contributed by atoms with van der Waals surface area (Å²) in [6.07, 6.45) is 1.69. The molecular formula is C15H15N3O2. The number of aryl methyl sites for hydroxylation is 2. The van der Waals surface area contributed by atoms with Crippen molar-refractivity contribution < 1.29 is 4.74 Å². The average Bonchev–Trinajstić information content (AvgIpc) is 2.72. The molecule has 2 heterocycles. The number of nitrogens with one attached hydrogen (secondary N) is 1. The van der Waals surface area contributed by atoms with Crippen LogP contribution in [-0.2, 0) is 0 Å². The maximum Gasteiger partial charge on any atom is 0.273 e. The smallest absolute Gasteiger partial charge is 0.273 e. The molecule has 0 amide bonds. The third-order valence-corrected chi connectivity index (χ3v) is 3.59. The molecule has 0 atom stereocenters. The number of aromatic amines is 1. The molecule has 0 saturated heterocycles. The largest absolute Gasteiger partial charge is 0.497 e. The first-order valence-electron chi connectivity index (χ1n) is 6.33. The number of hydrogen-bond acceptors (Lipinski definition) is 3. The molecule has 0 spiro atoms. The van der Waals surface area contributed by atoms with Crippen molar-refractivity contribution in [2.24, 2.45) is 0 Å². The van der Waals surface area contributed by atoms with Gasteiger partial charge < -0.3 is 9.30 Å². The van der Waals surface area contributed by atoms with Gasteiger partial charge >= 0.3 is 0 Å².